The lowest BCUT2D eigenvalue weighted by Crippen LogP contribution is -2.15. The van der Waals surface area contributed by atoms with Crippen molar-refractivity contribution in [2.24, 2.45) is 0 Å². The number of aliphatic hydroxyl groups is 1. The molecule has 0 saturated carbocycles. The van der Waals surface area contributed by atoms with Gasteiger partial charge in [0, 0.05) is 6.20 Å². The van der Waals surface area contributed by atoms with Crippen LogP contribution in [-0.4, -0.2) is 14.9 Å². The zero-order chi connectivity index (χ0) is 11.0. The molecule has 0 bridgehead atoms. The molecule has 0 amide bonds. The molecule has 16 heavy (non-hydrogen) atoms. The predicted molar refractivity (Wildman–Crippen MR) is 63.2 cm³/mol. The second-order valence-electron chi connectivity index (χ2n) is 4.54. The van der Waals surface area contributed by atoms with Gasteiger partial charge in [0.05, 0.1) is 5.69 Å². The van der Waals surface area contributed by atoms with Gasteiger partial charge < -0.3 is 5.11 Å². The summed E-state index contributed by atoms with van der Waals surface area (Å²) in [6.45, 7) is 0. The van der Waals surface area contributed by atoms with E-state index in [4.69, 9.17) is 0 Å². The Morgan fingerprint density at radius 3 is 3.12 bits per heavy atom. The van der Waals surface area contributed by atoms with E-state index in [1.165, 1.54) is 5.56 Å². The molecule has 0 aliphatic heterocycles. The van der Waals surface area contributed by atoms with Crippen LogP contribution in [0.3, 0.4) is 0 Å². The van der Waals surface area contributed by atoms with Crippen LogP contribution in [0.4, 0.5) is 0 Å². The second-order valence-corrected chi connectivity index (χ2v) is 4.54. The highest BCUT2D eigenvalue weighted by Crippen LogP contribution is 2.29. The van der Waals surface area contributed by atoms with Crippen LogP contribution in [0.15, 0.2) is 24.1 Å². The summed E-state index contributed by atoms with van der Waals surface area (Å²) in [4.78, 5) is 0. The Morgan fingerprint density at radius 1 is 1.38 bits per heavy atom. The first-order valence-electron chi connectivity index (χ1n) is 5.98. The lowest BCUT2D eigenvalue weighted by molar-refractivity contribution is 0.285. The minimum absolute atomic E-state index is 0.0627. The summed E-state index contributed by atoms with van der Waals surface area (Å²) in [6, 6.07) is 0.0627. The van der Waals surface area contributed by atoms with Gasteiger partial charge in [0.25, 0.3) is 0 Å². The van der Waals surface area contributed by atoms with Crippen LogP contribution >= 0.6 is 0 Å². The van der Waals surface area contributed by atoms with E-state index in [-0.39, 0.29) is 6.04 Å². The van der Waals surface area contributed by atoms with Crippen molar-refractivity contribution in [1.29, 1.82) is 0 Å². The molecular formula is C13H16N2O. The summed E-state index contributed by atoms with van der Waals surface area (Å²) >= 11 is 0. The molecule has 0 radical (unpaired) electrons. The summed E-state index contributed by atoms with van der Waals surface area (Å²) in [5.41, 5.74) is 2.38. The predicted octanol–water partition coefficient (Wildman–Crippen LogP) is 3.01. The van der Waals surface area contributed by atoms with Crippen LogP contribution in [-0.2, 0) is 6.42 Å². The SMILES string of the molecule is OC1=CCCCC1n1cc2c(n1)C=CCC2. The number of aryl methyl sites for hydroxylation is 1. The zero-order valence-electron chi connectivity index (χ0n) is 9.26. The average Bonchev–Trinajstić information content (AvgIpc) is 2.73. The Morgan fingerprint density at radius 2 is 2.31 bits per heavy atom. The Labute approximate surface area is 95.1 Å². The van der Waals surface area contributed by atoms with E-state index in [2.05, 4.69) is 23.4 Å². The molecule has 1 unspecified atom stereocenters. The first kappa shape index (κ1) is 9.70. The number of allylic oxidation sites excluding steroid dienone is 3. The molecule has 2 aliphatic carbocycles. The minimum atomic E-state index is 0.0627. The van der Waals surface area contributed by atoms with E-state index in [0.29, 0.717) is 5.76 Å². The maximum atomic E-state index is 9.87. The standard InChI is InChI=1S/C13H16N2O/c16-13-8-4-3-7-12(13)15-9-10-5-1-2-6-11(10)14-15/h2,6,8-9,12,16H,1,3-5,7H2. The Bertz CT molecular complexity index is 456. The van der Waals surface area contributed by atoms with Gasteiger partial charge in [-0.05, 0) is 49.8 Å². The third-order valence-electron chi connectivity index (χ3n) is 3.39. The maximum absolute atomic E-state index is 9.87. The molecule has 3 nitrogen and oxygen atoms in total. The number of fused-ring (bicyclic) bond motifs is 1. The number of hydrogen-bond donors (Lipinski definition) is 1. The smallest absolute Gasteiger partial charge is 0.113 e. The molecule has 2 aliphatic rings. The highest BCUT2D eigenvalue weighted by Gasteiger charge is 2.21. The fourth-order valence-electron chi connectivity index (χ4n) is 2.48. The van der Waals surface area contributed by atoms with Gasteiger partial charge in [-0.2, -0.15) is 5.10 Å². The summed E-state index contributed by atoms with van der Waals surface area (Å²) in [5, 5.41) is 14.4. The number of aromatic nitrogens is 2. The average molecular weight is 216 g/mol. The molecule has 1 aromatic heterocycles. The quantitative estimate of drug-likeness (QED) is 0.783. The molecule has 1 N–H and O–H groups in total. The van der Waals surface area contributed by atoms with E-state index in [1.807, 2.05) is 10.8 Å². The molecule has 0 saturated heterocycles. The van der Waals surface area contributed by atoms with Crippen LogP contribution in [0.1, 0.15) is 43.0 Å². The van der Waals surface area contributed by atoms with Crippen molar-refractivity contribution in [3.8, 4) is 0 Å². The Hall–Kier alpha value is -1.51. The third-order valence-corrected chi connectivity index (χ3v) is 3.39. The largest absolute Gasteiger partial charge is 0.510 e. The van der Waals surface area contributed by atoms with E-state index in [1.54, 1.807) is 0 Å². The van der Waals surface area contributed by atoms with Gasteiger partial charge in [0.2, 0.25) is 0 Å². The van der Waals surface area contributed by atoms with Crippen LogP contribution < -0.4 is 0 Å². The number of nitrogens with zero attached hydrogens (tertiary/aromatic N) is 2. The fourth-order valence-corrected chi connectivity index (χ4v) is 2.48. The van der Waals surface area contributed by atoms with E-state index in [0.717, 1.165) is 37.8 Å². The maximum Gasteiger partial charge on any atom is 0.113 e. The van der Waals surface area contributed by atoms with Gasteiger partial charge >= 0.3 is 0 Å². The monoisotopic (exact) mass is 216 g/mol. The van der Waals surface area contributed by atoms with Crippen LogP contribution in [0.25, 0.3) is 6.08 Å². The molecule has 3 heteroatoms. The lowest BCUT2D eigenvalue weighted by Gasteiger charge is -2.20. The van der Waals surface area contributed by atoms with E-state index < -0.39 is 0 Å². The highest BCUT2D eigenvalue weighted by molar-refractivity contribution is 5.51. The summed E-state index contributed by atoms with van der Waals surface area (Å²) in [6.07, 6.45) is 13.6. The van der Waals surface area contributed by atoms with Gasteiger partial charge in [0.1, 0.15) is 11.8 Å². The van der Waals surface area contributed by atoms with Crippen molar-refractivity contribution >= 4 is 6.08 Å². The van der Waals surface area contributed by atoms with Gasteiger partial charge in [-0.15, -0.1) is 0 Å². The molecule has 1 atom stereocenters. The van der Waals surface area contributed by atoms with Crippen molar-refractivity contribution < 1.29 is 5.11 Å². The van der Waals surface area contributed by atoms with Gasteiger partial charge in [-0.1, -0.05) is 6.08 Å². The summed E-state index contributed by atoms with van der Waals surface area (Å²) in [5.74, 6) is 0.482. The van der Waals surface area contributed by atoms with E-state index in [9.17, 15) is 5.11 Å². The van der Waals surface area contributed by atoms with Crippen LogP contribution in [0, 0.1) is 0 Å². The minimum Gasteiger partial charge on any atom is -0.510 e. The zero-order valence-corrected chi connectivity index (χ0v) is 9.26. The fraction of sp³-hybridized carbons (Fsp3) is 0.462. The molecular weight excluding hydrogens is 200 g/mol. The Balaban J connectivity index is 1.95. The molecule has 0 aromatic carbocycles. The molecule has 3 rings (SSSR count). The highest BCUT2D eigenvalue weighted by atomic mass is 16.3. The number of hydrogen-bond acceptors (Lipinski definition) is 2. The third kappa shape index (κ3) is 1.56. The van der Waals surface area contributed by atoms with Crippen molar-refractivity contribution in [2.45, 2.75) is 38.1 Å². The number of rotatable bonds is 1. The van der Waals surface area contributed by atoms with Crippen molar-refractivity contribution in [2.75, 3.05) is 0 Å². The molecule has 1 heterocycles. The summed E-state index contributed by atoms with van der Waals surface area (Å²) < 4.78 is 1.94. The topological polar surface area (TPSA) is 38.0 Å². The van der Waals surface area contributed by atoms with Crippen LogP contribution in [0.5, 0.6) is 0 Å². The molecule has 0 spiro atoms. The summed E-state index contributed by atoms with van der Waals surface area (Å²) in [7, 11) is 0. The second kappa shape index (κ2) is 3.81. The molecule has 0 fully saturated rings. The molecule has 1 aromatic rings. The van der Waals surface area contributed by atoms with Crippen molar-refractivity contribution in [3.63, 3.8) is 0 Å². The van der Waals surface area contributed by atoms with Gasteiger partial charge in [0.15, 0.2) is 0 Å². The van der Waals surface area contributed by atoms with Crippen LogP contribution in [0.2, 0.25) is 0 Å². The normalized spacial score (nSPS) is 24.0. The first-order valence-corrected chi connectivity index (χ1v) is 5.98. The van der Waals surface area contributed by atoms with Crippen molar-refractivity contribution in [3.05, 3.63) is 35.4 Å². The lowest BCUT2D eigenvalue weighted by atomic mass is 10.0. The van der Waals surface area contributed by atoms with Gasteiger partial charge in [-0.25, -0.2) is 0 Å². The van der Waals surface area contributed by atoms with E-state index >= 15 is 0 Å². The van der Waals surface area contributed by atoms with Gasteiger partial charge in [-0.3, -0.25) is 4.68 Å². The first-order chi connectivity index (χ1) is 7.84. The number of aliphatic hydroxyl groups excluding tert-OH is 1. The van der Waals surface area contributed by atoms with Crippen molar-refractivity contribution in [1.82, 2.24) is 9.78 Å². The molecule has 84 valence electrons. The Kier molecular flexibility index (Phi) is 2.31.